The number of hydrogen-bond acceptors (Lipinski definition) is 4. The number of likely N-dealkylation sites (tertiary alicyclic amines) is 1. The molecule has 1 aromatic rings. The number of nitrogens with zero attached hydrogens (tertiary/aromatic N) is 2. The molecule has 1 saturated heterocycles. The van der Waals surface area contributed by atoms with Crippen LogP contribution in [0.25, 0.3) is 0 Å². The molecule has 1 aliphatic rings. The fraction of sp³-hybridized carbons (Fsp3) is 0.538. The number of piperidine rings is 1. The van der Waals surface area contributed by atoms with Crippen LogP contribution >= 0.6 is 0 Å². The van der Waals surface area contributed by atoms with E-state index < -0.39 is 23.7 Å². The van der Waals surface area contributed by atoms with Gasteiger partial charge in [0, 0.05) is 19.3 Å². The first kappa shape index (κ1) is 13.7. The van der Waals surface area contributed by atoms with E-state index in [-0.39, 0.29) is 5.56 Å². The molecule has 0 N–H and O–H groups in total. The van der Waals surface area contributed by atoms with Crippen LogP contribution in [0.3, 0.4) is 0 Å². The van der Waals surface area contributed by atoms with Crippen molar-refractivity contribution in [3.05, 3.63) is 34.2 Å². The van der Waals surface area contributed by atoms with Crippen molar-refractivity contribution in [2.75, 3.05) is 27.2 Å². The molecular weight excluding hydrogens is 251 g/mol. The molecule has 0 aliphatic carbocycles. The molecule has 1 unspecified atom stereocenters. The monoisotopic (exact) mass is 268 g/mol. The Labute approximate surface area is 110 Å². The van der Waals surface area contributed by atoms with E-state index in [0.717, 1.165) is 6.54 Å². The van der Waals surface area contributed by atoms with Gasteiger partial charge in [-0.1, -0.05) is 0 Å². The van der Waals surface area contributed by atoms with Crippen LogP contribution in [0.15, 0.2) is 23.1 Å². The first-order valence-corrected chi connectivity index (χ1v) is 6.16. The summed E-state index contributed by atoms with van der Waals surface area (Å²) in [5.74, 6) is -0.692. The standard InChI is InChI=1S/C13H17FN2O3/c1-15-7-5-11(10(14)8-15)16-6-3-4-9(12(16)17)13(18)19-2/h3-4,6,10-11H,5,7-8H2,1-2H3/t10?,11-/m1/s1. The maximum Gasteiger partial charge on any atom is 0.343 e. The van der Waals surface area contributed by atoms with Gasteiger partial charge in [0.1, 0.15) is 11.7 Å². The lowest BCUT2D eigenvalue weighted by Gasteiger charge is -2.33. The van der Waals surface area contributed by atoms with Crippen molar-refractivity contribution in [3.8, 4) is 0 Å². The van der Waals surface area contributed by atoms with E-state index in [2.05, 4.69) is 4.74 Å². The van der Waals surface area contributed by atoms with Gasteiger partial charge in [-0.15, -0.1) is 0 Å². The number of ether oxygens (including phenoxy) is 1. The molecule has 0 bridgehead atoms. The molecule has 2 rings (SSSR count). The first-order chi connectivity index (χ1) is 9.04. The van der Waals surface area contributed by atoms with Crippen LogP contribution in [0.5, 0.6) is 0 Å². The normalized spacial score (nSPS) is 24.2. The van der Waals surface area contributed by atoms with Crippen LogP contribution in [0.4, 0.5) is 4.39 Å². The molecule has 1 fully saturated rings. The molecular formula is C13H17FN2O3. The molecule has 0 radical (unpaired) electrons. The third kappa shape index (κ3) is 2.68. The van der Waals surface area contributed by atoms with Crippen molar-refractivity contribution in [2.45, 2.75) is 18.6 Å². The van der Waals surface area contributed by atoms with Crippen molar-refractivity contribution >= 4 is 5.97 Å². The number of esters is 1. The predicted molar refractivity (Wildman–Crippen MR) is 68.1 cm³/mol. The molecule has 19 heavy (non-hydrogen) atoms. The van der Waals surface area contributed by atoms with Gasteiger partial charge in [-0.25, -0.2) is 9.18 Å². The van der Waals surface area contributed by atoms with Crippen LogP contribution < -0.4 is 5.56 Å². The Kier molecular flexibility index (Phi) is 3.99. The molecule has 0 saturated carbocycles. The Morgan fingerprint density at radius 3 is 2.89 bits per heavy atom. The van der Waals surface area contributed by atoms with Gasteiger partial charge in [0.2, 0.25) is 0 Å². The summed E-state index contributed by atoms with van der Waals surface area (Å²) in [6.45, 7) is 1.01. The number of methoxy groups -OCH3 is 1. The molecule has 2 atom stereocenters. The predicted octanol–water partition coefficient (Wildman–Crippen LogP) is 0.850. The van der Waals surface area contributed by atoms with Crippen molar-refractivity contribution in [1.82, 2.24) is 9.47 Å². The summed E-state index contributed by atoms with van der Waals surface area (Å²) in [5, 5.41) is 0. The number of pyridine rings is 1. The van der Waals surface area contributed by atoms with E-state index in [1.807, 2.05) is 11.9 Å². The lowest BCUT2D eigenvalue weighted by atomic mass is 10.0. The Bertz CT molecular complexity index is 529. The Balaban J connectivity index is 2.35. The van der Waals surface area contributed by atoms with Crippen molar-refractivity contribution in [2.24, 2.45) is 0 Å². The summed E-state index contributed by atoms with van der Waals surface area (Å²) in [4.78, 5) is 25.5. The summed E-state index contributed by atoms with van der Waals surface area (Å²) >= 11 is 0. The van der Waals surface area contributed by atoms with Gasteiger partial charge in [-0.05, 0) is 25.6 Å². The molecule has 5 nitrogen and oxygen atoms in total. The summed E-state index contributed by atoms with van der Waals surface area (Å²) in [6.07, 6.45) is 0.948. The molecule has 2 heterocycles. The largest absolute Gasteiger partial charge is 0.465 e. The van der Waals surface area contributed by atoms with Gasteiger partial charge < -0.3 is 14.2 Å². The molecule has 1 aromatic heterocycles. The average molecular weight is 268 g/mol. The highest BCUT2D eigenvalue weighted by Gasteiger charge is 2.30. The van der Waals surface area contributed by atoms with E-state index in [9.17, 15) is 14.0 Å². The van der Waals surface area contributed by atoms with E-state index in [1.165, 1.54) is 23.9 Å². The highest BCUT2D eigenvalue weighted by atomic mass is 19.1. The second-order valence-corrected chi connectivity index (χ2v) is 4.76. The maximum atomic E-state index is 14.1. The third-order valence-electron chi connectivity index (χ3n) is 3.45. The van der Waals surface area contributed by atoms with Gasteiger partial charge in [0.25, 0.3) is 5.56 Å². The number of alkyl halides is 1. The molecule has 0 aromatic carbocycles. The van der Waals surface area contributed by atoms with E-state index in [0.29, 0.717) is 13.0 Å². The maximum absolute atomic E-state index is 14.1. The summed E-state index contributed by atoms with van der Waals surface area (Å²) < 4.78 is 19.9. The number of carbonyl (C=O) groups is 1. The Morgan fingerprint density at radius 1 is 1.53 bits per heavy atom. The number of carbonyl (C=O) groups excluding carboxylic acids is 1. The molecule has 6 heteroatoms. The zero-order chi connectivity index (χ0) is 14.0. The van der Waals surface area contributed by atoms with Gasteiger partial charge in [-0.2, -0.15) is 0 Å². The second kappa shape index (κ2) is 5.52. The summed E-state index contributed by atoms with van der Waals surface area (Å²) in [5.41, 5.74) is -0.553. The van der Waals surface area contributed by atoms with E-state index >= 15 is 0 Å². The molecule has 0 spiro atoms. The second-order valence-electron chi connectivity index (χ2n) is 4.76. The van der Waals surface area contributed by atoms with Crippen LogP contribution in [-0.2, 0) is 4.74 Å². The van der Waals surface area contributed by atoms with Crippen LogP contribution in [0.1, 0.15) is 22.8 Å². The SMILES string of the molecule is COC(=O)c1cccn([C@@H]2CCN(C)CC2F)c1=O. The lowest BCUT2D eigenvalue weighted by Crippen LogP contribution is -2.43. The molecule has 0 amide bonds. The van der Waals surface area contributed by atoms with Gasteiger partial charge in [0.05, 0.1) is 13.2 Å². The fourth-order valence-electron chi connectivity index (χ4n) is 2.39. The quantitative estimate of drug-likeness (QED) is 0.746. The Hall–Kier alpha value is -1.69. The first-order valence-electron chi connectivity index (χ1n) is 6.16. The van der Waals surface area contributed by atoms with Crippen LogP contribution in [0, 0.1) is 0 Å². The molecule has 1 aliphatic heterocycles. The highest BCUT2D eigenvalue weighted by molar-refractivity contribution is 5.88. The van der Waals surface area contributed by atoms with Crippen LogP contribution in [0.2, 0.25) is 0 Å². The fourth-order valence-corrected chi connectivity index (χ4v) is 2.39. The topological polar surface area (TPSA) is 51.5 Å². The number of rotatable bonds is 2. The smallest absolute Gasteiger partial charge is 0.343 e. The molecule has 104 valence electrons. The number of hydrogen-bond donors (Lipinski definition) is 0. The Morgan fingerprint density at radius 2 is 2.26 bits per heavy atom. The minimum absolute atomic E-state index is 0.0591. The van der Waals surface area contributed by atoms with Crippen molar-refractivity contribution < 1.29 is 13.9 Å². The van der Waals surface area contributed by atoms with Gasteiger partial charge in [0.15, 0.2) is 0 Å². The van der Waals surface area contributed by atoms with Crippen LogP contribution in [-0.4, -0.2) is 48.9 Å². The number of halogens is 1. The van der Waals surface area contributed by atoms with Gasteiger partial charge in [-0.3, -0.25) is 4.79 Å². The average Bonchev–Trinajstić information content (AvgIpc) is 2.39. The highest BCUT2D eigenvalue weighted by Crippen LogP contribution is 2.23. The minimum atomic E-state index is -1.12. The zero-order valence-corrected chi connectivity index (χ0v) is 11.0. The van der Waals surface area contributed by atoms with Gasteiger partial charge >= 0.3 is 5.97 Å². The van der Waals surface area contributed by atoms with Crippen molar-refractivity contribution in [3.63, 3.8) is 0 Å². The van der Waals surface area contributed by atoms with Crippen molar-refractivity contribution in [1.29, 1.82) is 0 Å². The third-order valence-corrected chi connectivity index (χ3v) is 3.45. The lowest BCUT2D eigenvalue weighted by molar-refractivity contribution is 0.0595. The number of aromatic nitrogens is 1. The summed E-state index contributed by atoms with van der Waals surface area (Å²) in [6, 6.07) is 2.44. The van der Waals surface area contributed by atoms with E-state index in [4.69, 9.17) is 0 Å². The minimum Gasteiger partial charge on any atom is -0.465 e. The van der Waals surface area contributed by atoms with E-state index in [1.54, 1.807) is 6.07 Å². The zero-order valence-electron chi connectivity index (χ0n) is 11.0. The summed E-state index contributed by atoms with van der Waals surface area (Å²) in [7, 11) is 3.06.